The molecule has 0 aliphatic heterocycles. The highest BCUT2D eigenvalue weighted by Crippen LogP contribution is 2.29. The molecule has 2 aromatic heterocycles. The van der Waals surface area contributed by atoms with E-state index in [9.17, 15) is 9.59 Å². The lowest BCUT2D eigenvalue weighted by molar-refractivity contribution is -0.115. The van der Waals surface area contributed by atoms with Crippen molar-refractivity contribution >= 4 is 49.3 Å². The molecule has 96 valence electrons. The van der Waals surface area contributed by atoms with Crippen LogP contribution in [-0.2, 0) is 9.53 Å². The first-order valence-electron chi connectivity index (χ1n) is 5.23. The van der Waals surface area contributed by atoms with E-state index in [4.69, 9.17) is 0 Å². The first kappa shape index (κ1) is 12.8. The second-order valence-electron chi connectivity index (χ2n) is 3.23. The molecule has 2 heterocycles. The van der Waals surface area contributed by atoms with Gasteiger partial charge in [0.2, 0.25) is 5.91 Å². The van der Waals surface area contributed by atoms with Crippen LogP contribution in [0.25, 0.3) is 9.53 Å². The molecule has 0 unspecified atom stereocenters. The fraction of sp³-hybridized carbons (Fsp3) is 0.300. The Labute approximate surface area is 111 Å². The van der Waals surface area contributed by atoms with Crippen LogP contribution in [-0.4, -0.2) is 30.1 Å². The normalized spacial score (nSPS) is 10.3. The van der Waals surface area contributed by atoms with Gasteiger partial charge in [-0.25, -0.2) is 9.78 Å². The van der Waals surface area contributed by atoms with Crippen LogP contribution in [0.4, 0.5) is 9.93 Å². The number of aromatic nitrogens is 1. The predicted molar refractivity (Wildman–Crippen MR) is 71.2 cm³/mol. The number of anilines is 1. The minimum absolute atomic E-state index is 0.133. The van der Waals surface area contributed by atoms with Gasteiger partial charge in [0.25, 0.3) is 0 Å². The molecule has 0 radical (unpaired) electrons. The molecule has 0 spiro atoms. The molecule has 2 rings (SSSR count). The zero-order valence-electron chi connectivity index (χ0n) is 9.56. The van der Waals surface area contributed by atoms with Crippen molar-refractivity contribution in [1.82, 2.24) is 10.3 Å². The van der Waals surface area contributed by atoms with Gasteiger partial charge in [-0.2, -0.15) is 0 Å². The molecule has 0 bridgehead atoms. The maximum Gasteiger partial charge on any atom is 0.407 e. The van der Waals surface area contributed by atoms with Crippen LogP contribution in [0.3, 0.4) is 0 Å². The number of fused-ring (bicyclic) bond motifs is 1. The van der Waals surface area contributed by atoms with Crippen molar-refractivity contribution in [2.45, 2.75) is 6.92 Å². The molecule has 2 aromatic rings. The van der Waals surface area contributed by atoms with E-state index in [0.29, 0.717) is 5.13 Å². The minimum atomic E-state index is -0.604. The molecule has 0 aromatic carbocycles. The Balaban J connectivity index is 1.84. The van der Waals surface area contributed by atoms with Crippen LogP contribution in [0, 0.1) is 0 Å². The van der Waals surface area contributed by atoms with Gasteiger partial charge in [0.15, 0.2) is 5.13 Å². The molecule has 6 nitrogen and oxygen atoms in total. The number of nitrogens with zero attached hydrogens (tertiary/aromatic N) is 1. The molecule has 0 saturated carbocycles. The molecular formula is C10H11N3O3S2. The molecule has 2 amide bonds. The molecule has 0 atom stereocenters. The van der Waals surface area contributed by atoms with E-state index in [1.807, 2.05) is 11.4 Å². The number of thiazole rings is 1. The number of hydrogen-bond acceptors (Lipinski definition) is 6. The van der Waals surface area contributed by atoms with Gasteiger partial charge in [-0.05, 0) is 18.4 Å². The van der Waals surface area contributed by atoms with Gasteiger partial charge < -0.3 is 15.4 Å². The highest BCUT2D eigenvalue weighted by Gasteiger charge is 2.09. The first-order valence-corrected chi connectivity index (χ1v) is 6.93. The van der Waals surface area contributed by atoms with Crippen LogP contribution in [0.1, 0.15) is 6.92 Å². The average molecular weight is 285 g/mol. The Morgan fingerprint density at radius 3 is 3.06 bits per heavy atom. The molecule has 0 aliphatic rings. The molecular weight excluding hydrogens is 274 g/mol. The summed E-state index contributed by atoms with van der Waals surface area (Å²) in [6.45, 7) is 1.84. The van der Waals surface area contributed by atoms with E-state index in [1.54, 1.807) is 18.3 Å². The Hall–Kier alpha value is -1.67. The summed E-state index contributed by atoms with van der Waals surface area (Å²) in [6, 6.07) is 1.89. The lowest BCUT2D eigenvalue weighted by atomic mass is 10.6. The average Bonchev–Trinajstić information content (AvgIpc) is 2.87. The third-order valence-corrected chi connectivity index (χ3v) is 3.95. The monoisotopic (exact) mass is 285 g/mol. The lowest BCUT2D eigenvalue weighted by Gasteiger charge is -2.04. The summed E-state index contributed by atoms with van der Waals surface area (Å²) in [7, 11) is 0. The van der Waals surface area contributed by atoms with Gasteiger partial charge in [-0.1, -0.05) is 11.3 Å². The van der Waals surface area contributed by atoms with Crippen LogP contribution in [0.5, 0.6) is 0 Å². The van der Waals surface area contributed by atoms with Gasteiger partial charge >= 0.3 is 6.09 Å². The van der Waals surface area contributed by atoms with Crippen molar-refractivity contribution in [3.63, 3.8) is 0 Å². The Kier molecular flexibility index (Phi) is 4.11. The van der Waals surface area contributed by atoms with Crippen LogP contribution < -0.4 is 10.6 Å². The van der Waals surface area contributed by atoms with Crippen molar-refractivity contribution in [3.05, 3.63) is 11.4 Å². The van der Waals surface area contributed by atoms with Crippen molar-refractivity contribution in [2.24, 2.45) is 0 Å². The summed E-state index contributed by atoms with van der Waals surface area (Å²) in [6.07, 6.45) is -0.604. The number of rotatable bonds is 4. The summed E-state index contributed by atoms with van der Waals surface area (Å²) in [5.41, 5.74) is 0.874. The minimum Gasteiger partial charge on any atom is -0.450 e. The highest BCUT2D eigenvalue weighted by molar-refractivity contribution is 7.39. The lowest BCUT2D eigenvalue weighted by Crippen LogP contribution is -2.33. The van der Waals surface area contributed by atoms with Crippen molar-refractivity contribution in [3.8, 4) is 0 Å². The summed E-state index contributed by atoms with van der Waals surface area (Å²) in [5.74, 6) is -0.329. The van der Waals surface area contributed by atoms with Crippen LogP contribution in [0.2, 0.25) is 0 Å². The first-order chi connectivity index (χ1) is 8.69. The van der Waals surface area contributed by atoms with Crippen molar-refractivity contribution < 1.29 is 14.3 Å². The van der Waals surface area contributed by atoms with E-state index in [0.717, 1.165) is 9.53 Å². The number of hydrogen-bond donors (Lipinski definition) is 2. The molecule has 0 saturated heterocycles. The number of thiophene rings is 1. The Bertz CT molecular complexity index is 535. The van der Waals surface area contributed by atoms with E-state index in [2.05, 4.69) is 20.4 Å². The number of amides is 2. The number of nitrogens with one attached hydrogen (secondary N) is 2. The predicted octanol–water partition coefficient (Wildman–Crippen LogP) is 2.04. The maximum absolute atomic E-state index is 11.5. The zero-order valence-corrected chi connectivity index (χ0v) is 11.2. The second-order valence-corrected chi connectivity index (χ2v) is 5.41. The van der Waals surface area contributed by atoms with Gasteiger partial charge in [-0.3, -0.25) is 4.79 Å². The Morgan fingerprint density at radius 2 is 2.33 bits per heavy atom. The van der Waals surface area contributed by atoms with E-state index in [-0.39, 0.29) is 19.1 Å². The van der Waals surface area contributed by atoms with Crippen LogP contribution in [0.15, 0.2) is 11.4 Å². The molecule has 0 fully saturated rings. The van der Waals surface area contributed by atoms with Gasteiger partial charge in [0.05, 0.1) is 12.1 Å². The third-order valence-electron chi connectivity index (χ3n) is 1.94. The quantitative estimate of drug-likeness (QED) is 0.901. The number of ether oxygens (including phenoxy) is 1. The van der Waals surface area contributed by atoms with E-state index >= 15 is 0 Å². The fourth-order valence-electron chi connectivity index (χ4n) is 1.22. The molecule has 8 heteroatoms. The Morgan fingerprint density at radius 1 is 1.50 bits per heavy atom. The summed E-state index contributed by atoms with van der Waals surface area (Å²) >= 11 is 2.98. The number of carbonyl (C=O) groups is 2. The van der Waals surface area contributed by atoms with E-state index < -0.39 is 6.09 Å². The smallest absolute Gasteiger partial charge is 0.407 e. The second kappa shape index (κ2) is 5.78. The van der Waals surface area contributed by atoms with Gasteiger partial charge in [0, 0.05) is 0 Å². The van der Waals surface area contributed by atoms with E-state index in [1.165, 1.54) is 11.3 Å². The summed E-state index contributed by atoms with van der Waals surface area (Å²) < 4.78 is 5.70. The van der Waals surface area contributed by atoms with Crippen molar-refractivity contribution in [1.29, 1.82) is 0 Å². The fourth-order valence-corrected chi connectivity index (χ4v) is 3.07. The number of alkyl carbamates (subject to hydrolysis) is 1. The third kappa shape index (κ3) is 3.17. The van der Waals surface area contributed by atoms with Gasteiger partial charge in [-0.15, -0.1) is 11.3 Å². The maximum atomic E-state index is 11.5. The molecule has 0 aliphatic carbocycles. The summed E-state index contributed by atoms with van der Waals surface area (Å²) in [5, 5.41) is 7.44. The highest BCUT2D eigenvalue weighted by atomic mass is 32.2. The van der Waals surface area contributed by atoms with Gasteiger partial charge in [0.1, 0.15) is 10.6 Å². The number of carbonyl (C=O) groups excluding carboxylic acids is 2. The standard InChI is InChI=1S/C10H11N3O3S2/c1-2-16-10(15)11-5-7(14)13-9-12-6-3-4-17-8(6)18-9/h3-4H,2,5H2,1H3,(H,11,15)(H,12,13,14). The SMILES string of the molecule is CCOC(=O)NCC(=O)Nc1nc2ccsc2s1. The largest absolute Gasteiger partial charge is 0.450 e. The zero-order chi connectivity index (χ0) is 13.0. The summed E-state index contributed by atoms with van der Waals surface area (Å²) in [4.78, 5) is 26.7. The topological polar surface area (TPSA) is 80.3 Å². The van der Waals surface area contributed by atoms with Crippen molar-refractivity contribution in [2.75, 3.05) is 18.5 Å². The molecule has 18 heavy (non-hydrogen) atoms. The van der Waals surface area contributed by atoms with Crippen LogP contribution >= 0.6 is 22.7 Å². The molecule has 2 N–H and O–H groups in total.